The molecule has 0 saturated carbocycles. The highest BCUT2D eigenvalue weighted by Gasteiger charge is 2.09. The molecule has 0 aliphatic rings. The first-order valence-corrected chi connectivity index (χ1v) is 7.37. The van der Waals surface area contributed by atoms with Gasteiger partial charge < -0.3 is 15.2 Å². The fraction of sp³-hybridized carbons (Fsp3) is 0.385. The van der Waals surface area contributed by atoms with E-state index < -0.39 is 0 Å². The molecule has 20 heavy (non-hydrogen) atoms. The van der Waals surface area contributed by atoms with E-state index in [1.165, 1.54) is 0 Å². The van der Waals surface area contributed by atoms with Gasteiger partial charge in [-0.3, -0.25) is 5.43 Å². The van der Waals surface area contributed by atoms with Crippen LogP contribution in [0.5, 0.6) is 11.5 Å². The molecule has 1 aromatic rings. The molecule has 1 aromatic carbocycles. The van der Waals surface area contributed by atoms with E-state index in [4.69, 9.17) is 15.2 Å². The van der Waals surface area contributed by atoms with Crippen LogP contribution in [-0.2, 0) is 0 Å². The highest BCUT2D eigenvalue weighted by molar-refractivity contribution is 9.10. The summed E-state index contributed by atoms with van der Waals surface area (Å²) in [7, 11) is 1.60. The number of thiocarbonyl (C=S) groups is 1. The molecule has 0 spiro atoms. The van der Waals surface area contributed by atoms with Crippen molar-refractivity contribution in [3.8, 4) is 11.5 Å². The van der Waals surface area contributed by atoms with Crippen LogP contribution >= 0.6 is 28.1 Å². The van der Waals surface area contributed by atoms with Crippen LogP contribution in [-0.4, -0.2) is 25.0 Å². The van der Waals surface area contributed by atoms with Gasteiger partial charge in [-0.2, -0.15) is 5.10 Å². The maximum atomic E-state index is 5.69. The van der Waals surface area contributed by atoms with Crippen LogP contribution in [0.4, 0.5) is 0 Å². The van der Waals surface area contributed by atoms with Gasteiger partial charge in [0, 0.05) is 10.0 Å². The summed E-state index contributed by atoms with van der Waals surface area (Å²) in [5, 5.41) is 4.03. The second-order valence-electron chi connectivity index (χ2n) is 3.96. The van der Waals surface area contributed by atoms with Crippen LogP contribution in [0.25, 0.3) is 0 Å². The summed E-state index contributed by atoms with van der Waals surface area (Å²) in [6.45, 7) is 2.78. The Kier molecular flexibility index (Phi) is 7.32. The van der Waals surface area contributed by atoms with Gasteiger partial charge in [-0.25, -0.2) is 0 Å². The zero-order chi connectivity index (χ0) is 15.0. The Morgan fingerprint density at radius 2 is 2.25 bits per heavy atom. The molecule has 5 nitrogen and oxygen atoms in total. The monoisotopic (exact) mass is 359 g/mol. The minimum absolute atomic E-state index is 0.115. The van der Waals surface area contributed by atoms with Crippen LogP contribution in [0.3, 0.4) is 0 Å². The number of methoxy groups -OCH3 is 1. The average Bonchev–Trinajstić information content (AvgIpc) is 2.41. The first kappa shape index (κ1) is 16.7. The van der Waals surface area contributed by atoms with Gasteiger partial charge in [0.15, 0.2) is 16.6 Å². The third-order valence-corrected chi connectivity index (χ3v) is 3.19. The predicted octanol–water partition coefficient (Wildman–Crippen LogP) is 2.80. The highest BCUT2D eigenvalue weighted by atomic mass is 79.9. The summed E-state index contributed by atoms with van der Waals surface area (Å²) in [6, 6.07) is 3.69. The van der Waals surface area contributed by atoms with E-state index >= 15 is 0 Å². The normalized spacial score (nSPS) is 10.6. The molecule has 0 bridgehead atoms. The highest BCUT2D eigenvalue weighted by Crippen LogP contribution is 2.33. The van der Waals surface area contributed by atoms with Crippen LogP contribution in [0.1, 0.15) is 25.3 Å². The number of unbranched alkanes of at least 4 members (excludes halogenated alkanes) is 1. The SMILES string of the molecule is CCCCOc1cc(Br)c(C=NNC(N)=S)cc1OC. The van der Waals surface area contributed by atoms with Gasteiger partial charge in [-0.15, -0.1) is 0 Å². The predicted molar refractivity (Wildman–Crippen MR) is 88.6 cm³/mol. The second kappa shape index (κ2) is 8.76. The van der Waals surface area contributed by atoms with Crippen LogP contribution in [0.2, 0.25) is 0 Å². The fourth-order valence-corrected chi connectivity index (χ4v) is 1.89. The zero-order valence-corrected chi connectivity index (χ0v) is 13.9. The molecule has 0 aromatic heterocycles. The molecule has 0 fully saturated rings. The number of ether oxygens (including phenoxy) is 2. The summed E-state index contributed by atoms with van der Waals surface area (Å²) >= 11 is 8.14. The van der Waals surface area contributed by atoms with Gasteiger partial charge in [0.1, 0.15) is 0 Å². The lowest BCUT2D eigenvalue weighted by molar-refractivity contribution is 0.288. The number of hydrogen-bond acceptors (Lipinski definition) is 4. The van der Waals surface area contributed by atoms with Crippen molar-refractivity contribution in [1.82, 2.24) is 5.43 Å². The number of halogens is 1. The minimum Gasteiger partial charge on any atom is -0.493 e. The number of nitrogens with zero attached hydrogens (tertiary/aromatic N) is 1. The van der Waals surface area contributed by atoms with Crippen molar-refractivity contribution in [1.29, 1.82) is 0 Å². The number of hydrazone groups is 1. The van der Waals surface area contributed by atoms with Crippen molar-refractivity contribution < 1.29 is 9.47 Å². The van der Waals surface area contributed by atoms with E-state index in [9.17, 15) is 0 Å². The van der Waals surface area contributed by atoms with Crippen molar-refractivity contribution >= 4 is 39.5 Å². The Balaban J connectivity index is 2.88. The number of hydrogen-bond donors (Lipinski definition) is 2. The van der Waals surface area contributed by atoms with Crippen molar-refractivity contribution in [3.05, 3.63) is 22.2 Å². The van der Waals surface area contributed by atoms with Crippen molar-refractivity contribution in [2.24, 2.45) is 10.8 Å². The summed E-state index contributed by atoms with van der Waals surface area (Å²) < 4.78 is 11.9. The quantitative estimate of drug-likeness (QED) is 0.339. The van der Waals surface area contributed by atoms with E-state index in [2.05, 4.69) is 45.6 Å². The third-order valence-electron chi connectivity index (χ3n) is 2.42. The third kappa shape index (κ3) is 5.34. The Hall–Kier alpha value is -1.34. The van der Waals surface area contributed by atoms with Gasteiger partial charge in [0.2, 0.25) is 0 Å². The van der Waals surface area contributed by atoms with Gasteiger partial charge in [0.25, 0.3) is 0 Å². The van der Waals surface area contributed by atoms with E-state index in [1.54, 1.807) is 13.3 Å². The van der Waals surface area contributed by atoms with Crippen molar-refractivity contribution in [2.75, 3.05) is 13.7 Å². The maximum absolute atomic E-state index is 5.69. The number of rotatable bonds is 7. The molecule has 0 radical (unpaired) electrons. The second-order valence-corrected chi connectivity index (χ2v) is 5.26. The van der Waals surface area contributed by atoms with Gasteiger partial charge in [-0.05, 0) is 46.7 Å². The lowest BCUT2D eigenvalue weighted by Gasteiger charge is -2.12. The van der Waals surface area contributed by atoms with Gasteiger partial charge in [-0.1, -0.05) is 13.3 Å². The average molecular weight is 360 g/mol. The molecule has 0 aliphatic heterocycles. The van der Waals surface area contributed by atoms with E-state index in [1.807, 2.05) is 12.1 Å². The molecule has 0 saturated heterocycles. The van der Waals surface area contributed by atoms with Crippen LogP contribution in [0, 0.1) is 0 Å². The molecule has 110 valence electrons. The Labute approximate surface area is 132 Å². The maximum Gasteiger partial charge on any atom is 0.184 e. The van der Waals surface area contributed by atoms with E-state index in [0.717, 1.165) is 22.9 Å². The molecule has 0 atom stereocenters. The molecular formula is C13H18BrN3O2S. The fourth-order valence-electron chi connectivity index (χ4n) is 1.41. The van der Waals surface area contributed by atoms with Crippen LogP contribution in [0.15, 0.2) is 21.7 Å². The summed E-state index contributed by atoms with van der Waals surface area (Å²) in [4.78, 5) is 0. The zero-order valence-electron chi connectivity index (χ0n) is 11.5. The number of nitrogens with two attached hydrogens (primary N) is 1. The molecular weight excluding hydrogens is 342 g/mol. The molecule has 3 N–H and O–H groups in total. The standard InChI is InChI=1S/C13H18BrN3O2S/c1-3-4-5-19-12-7-10(14)9(6-11(12)18-2)8-16-17-13(15)20/h6-8H,3-5H2,1-2H3,(H3,15,17,20). The summed E-state index contributed by atoms with van der Waals surface area (Å²) in [5.41, 5.74) is 8.62. The molecule has 0 aliphatic carbocycles. The van der Waals surface area contributed by atoms with Crippen molar-refractivity contribution in [3.63, 3.8) is 0 Å². The Bertz CT molecular complexity index is 495. The summed E-state index contributed by atoms with van der Waals surface area (Å²) in [6.07, 6.45) is 3.68. The van der Waals surface area contributed by atoms with Gasteiger partial charge >= 0.3 is 0 Å². The lowest BCUT2D eigenvalue weighted by Crippen LogP contribution is -2.24. The van der Waals surface area contributed by atoms with Gasteiger partial charge in [0.05, 0.1) is 19.9 Å². The largest absolute Gasteiger partial charge is 0.493 e. The van der Waals surface area contributed by atoms with E-state index in [-0.39, 0.29) is 5.11 Å². The Morgan fingerprint density at radius 1 is 1.50 bits per heavy atom. The Morgan fingerprint density at radius 3 is 2.85 bits per heavy atom. The topological polar surface area (TPSA) is 68.9 Å². The summed E-state index contributed by atoms with van der Waals surface area (Å²) in [5.74, 6) is 1.35. The van der Waals surface area contributed by atoms with Crippen molar-refractivity contribution in [2.45, 2.75) is 19.8 Å². The van der Waals surface area contributed by atoms with E-state index in [0.29, 0.717) is 18.1 Å². The number of benzene rings is 1. The molecule has 0 amide bonds. The first-order chi connectivity index (χ1) is 9.58. The smallest absolute Gasteiger partial charge is 0.184 e. The number of nitrogens with one attached hydrogen (secondary N) is 1. The minimum atomic E-state index is 0.115. The molecule has 7 heteroatoms. The first-order valence-electron chi connectivity index (χ1n) is 6.17. The molecule has 0 heterocycles. The lowest BCUT2D eigenvalue weighted by atomic mass is 10.2. The van der Waals surface area contributed by atoms with Crippen LogP contribution < -0.4 is 20.6 Å². The molecule has 1 rings (SSSR count). The molecule has 0 unspecified atom stereocenters.